The van der Waals surface area contributed by atoms with Gasteiger partial charge in [-0.1, -0.05) is 48.9 Å². The number of hydrogen-bond acceptors (Lipinski definition) is 5. The molecule has 1 aliphatic carbocycles. The SMILES string of the molecule is CC(C)OC(=O)c1c(NC(=O)c2cc(-c3ccc(Cl)cc3)nc3ccccc23)sc2c1CC[C@H](C)C2. The Hall–Kier alpha value is -3.22. The van der Waals surface area contributed by atoms with Gasteiger partial charge in [-0.2, -0.15) is 0 Å². The van der Waals surface area contributed by atoms with Gasteiger partial charge in [0.05, 0.1) is 28.4 Å². The first-order valence-corrected chi connectivity index (χ1v) is 13.3. The number of nitrogens with zero attached hydrogens (tertiary/aromatic N) is 1. The highest BCUT2D eigenvalue weighted by Crippen LogP contribution is 2.40. The molecule has 4 aromatic rings. The van der Waals surface area contributed by atoms with E-state index in [1.54, 1.807) is 18.2 Å². The average molecular weight is 519 g/mol. The van der Waals surface area contributed by atoms with Crippen molar-refractivity contribution in [1.82, 2.24) is 4.98 Å². The van der Waals surface area contributed by atoms with Crippen LogP contribution in [0.5, 0.6) is 0 Å². The minimum absolute atomic E-state index is 0.245. The van der Waals surface area contributed by atoms with Gasteiger partial charge in [-0.05, 0) is 68.9 Å². The van der Waals surface area contributed by atoms with E-state index in [1.165, 1.54) is 11.3 Å². The van der Waals surface area contributed by atoms with Gasteiger partial charge in [0.25, 0.3) is 5.91 Å². The highest BCUT2D eigenvalue weighted by Gasteiger charge is 2.30. The van der Waals surface area contributed by atoms with Crippen molar-refractivity contribution in [2.45, 2.75) is 46.1 Å². The predicted molar refractivity (Wildman–Crippen MR) is 146 cm³/mol. The molecule has 7 heteroatoms. The molecule has 2 aromatic heterocycles. The Bertz CT molecular complexity index is 1460. The lowest BCUT2D eigenvalue weighted by Crippen LogP contribution is -2.19. The highest BCUT2D eigenvalue weighted by molar-refractivity contribution is 7.17. The van der Waals surface area contributed by atoms with Gasteiger partial charge in [0.1, 0.15) is 5.00 Å². The Labute approximate surface area is 219 Å². The fraction of sp³-hybridized carbons (Fsp3) is 0.276. The van der Waals surface area contributed by atoms with Gasteiger partial charge < -0.3 is 10.1 Å². The van der Waals surface area contributed by atoms with Crippen molar-refractivity contribution >= 4 is 50.7 Å². The summed E-state index contributed by atoms with van der Waals surface area (Å²) >= 11 is 7.56. The van der Waals surface area contributed by atoms with Crippen LogP contribution in [0.4, 0.5) is 5.00 Å². The number of nitrogens with one attached hydrogen (secondary N) is 1. The number of rotatable bonds is 5. The van der Waals surface area contributed by atoms with Crippen LogP contribution in [0, 0.1) is 5.92 Å². The number of benzene rings is 2. The molecule has 5 nitrogen and oxygen atoms in total. The summed E-state index contributed by atoms with van der Waals surface area (Å²) in [5.41, 5.74) is 4.26. The number of fused-ring (bicyclic) bond motifs is 2. The number of ether oxygens (including phenoxy) is 1. The van der Waals surface area contributed by atoms with Crippen LogP contribution in [0.2, 0.25) is 5.02 Å². The number of hydrogen-bond donors (Lipinski definition) is 1. The minimum atomic E-state index is -0.381. The van der Waals surface area contributed by atoms with Gasteiger partial charge in [-0.25, -0.2) is 9.78 Å². The van der Waals surface area contributed by atoms with Gasteiger partial charge >= 0.3 is 5.97 Å². The predicted octanol–water partition coefficient (Wildman–Crippen LogP) is 7.56. The Morgan fingerprint density at radius 1 is 1.14 bits per heavy atom. The molecular weight excluding hydrogens is 492 g/mol. The first kappa shape index (κ1) is 24.5. The molecule has 2 aromatic carbocycles. The second-order valence-electron chi connectivity index (χ2n) is 9.54. The Kier molecular flexibility index (Phi) is 6.82. The van der Waals surface area contributed by atoms with Crippen LogP contribution in [0.1, 0.15) is 58.3 Å². The highest BCUT2D eigenvalue weighted by atomic mass is 35.5. The molecule has 36 heavy (non-hydrogen) atoms. The third kappa shape index (κ3) is 4.88. The molecule has 0 aliphatic heterocycles. The summed E-state index contributed by atoms with van der Waals surface area (Å²) in [6.45, 7) is 5.88. The molecule has 0 spiro atoms. The molecule has 0 saturated heterocycles. The number of esters is 1. The molecule has 1 aliphatic rings. The molecule has 0 radical (unpaired) electrons. The van der Waals surface area contributed by atoms with Crippen molar-refractivity contribution in [2.75, 3.05) is 5.32 Å². The van der Waals surface area contributed by atoms with Gasteiger partial charge in [0, 0.05) is 20.8 Å². The van der Waals surface area contributed by atoms with E-state index in [2.05, 4.69) is 12.2 Å². The number of amides is 1. The molecule has 5 rings (SSSR count). The zero-order chi connectivity index (χ0) is 25.4. The maximum Gasteiger partial charge on any atom is 0.341 e. The number of halogens is 1. The number of thiophene rings is 1. The van der Waals surface area contributed by atoms with Crippen molar-refractivity contribution in [2.24, 2.45) is 5.92 Å². The lowest BCUT2D eigenvalue weighted by atomic mass is 9.88. The summed E-state index contributed by atoms with van der Waals surface area (Å²) in [6.07, 6.45) is 2.48. The van der Waals surface area contributed by atoms with Crippen molar-refractivity contribution in [3.63, 3.8) is 0 Å². The Morgan fingerprint density at radius 2 is 1.89 bits per heavy atom. The zero-order valence-electron chi connectivity index (χ0n) is 20.4. The second kappa shape index (κ2) is 10.0. The lowest BCUT2D eigenvalue weighted by molar-refractivity contribution is 0.0378. The lowest BCUT2D eigenvalue weighted by Gasteiger charge is -2.19. The van der Waals surface area contributed by atoms with Crippen LogP contribution in [0.3, 0.4) is 0 Å². The number of pyridine rings is 1. The van der Waals surface area contributed by atoms with Crippen LogP contribution in [-0.4, -0.2) is 23.0 Å². The maximum absolute atomic E-state index is 13.7. The first-order valence-electron chi connectivity index (χ1n) is 12.1. The van der Waals surface area contributed by atoms with Crippen molar-refractivity contribution in [1.29, 1.82) is 0 Å². The first-order chi connectivity index (χ1) is 17.3. The zero-order valence-corrected chi connectivity index (χ0v) is 22.0. The summed E-state index contributed by atoms with van der Waals surface area (Å²) in [7, 11) is 0. The van der Waals surface area contributed by atoms with Crippen LogP contribution in [-0.2, 0) is 17.6 Å². The third-order valence-corrected chi connectivity index (χ3v) is 7.81. The molecule has 184 valence electrons. The molecule has 1 atom stereocenters. The van der Waals surface area contributed by atoms with Crippen LogP contribution < -0.4 is 5.32 Å². The minimum Gasteiger partial charge on any atom is -0.459 e. The topological polar surface area (TPSA) is 68.3 Å². The molecule has 0 fully saturated rings. The molecular formula is C29H27ClN2O3S. The molecule has 2 heterocycles. The largest absolute Gasteiger partial charge is 0.459 e. The van der Waals surface area contributed by atoms with E-state index in [-0.39, 0.29) is 18.0 Å². The van der Waals surface area contributed by atoms with Crippen molar-refractivity contribution < 1.29 is 14.3 Å². The maximum atomic E-state index is 13.7. The van der Waals surface area contributed by atoms with E-state index in [4.69, 9.17) is 21.3 Å². The van der Waals surface area contributed by atoms with Gasteiger partial charge in [0.2, 0.25) is 0 Å². The van der Waals surface area contributed by atoms with Crippen molar-refractivity contribution in [3.05, 3.63) is 81.2 Å². The molecule has 1 amide bonds. The van der Waals surface area contributed by atoms with Gasteiger partial charge in [0.15, 0.2) is 0 Å². The number of anilines is 1. The van der Waals surface area contributed by atoms with Gasteiger partial charge in [-0.15, -0.1) is 11.3 Å². The summed E-state index contributed by atoms with van der Waals surface area (Å²) in [4.78, 5) is 32.8. The number of carbonyl (C=O) groups is 2. The van der Waals surface area contributed by atoms with Crippen LogP contribution in [0.25, 0.3) is 22.2 Å². The van der Waals surface area contributed by atoms with E-state index >= 15 is 0 Å². The normalized spacial score (nSPS) is 15.1. The Balaban J connectivity index is 1.57. The van der Waals surface area contributed by atoms with Crippen LogP contribution >= 0.6 is 22.9 Å². The fourth-order valence-electron chi connectivity index (χ4n) is 4.63. The summed E-state index contributed by atoms with van der Waals surface area (Å²) in [5, 5.41) is 5.00. The van der Waals surface area contributed by atoms with Crippen LogP contribution in [0.15, 0.2) is 54.6 Å². The smallest absolute Gasteiger partial charge is 0.341 e. The summed E-state index contributed by atoms with van der Waals surface area (Å²) < 4.78 is 5.57. The van der Waals surface area contributed by atoms with E-state index in [0.29, 0.717) is 38.3 Å². The Morgan fingerprint density at radius 3 is 2.64 bits per heavy atom. The molecule has 0 unspecified atom stereocenters. The summed E-state index contributed by atoms with van der Waals surface area (Å²) in [5.74, 6) is -0.123. The van der Waals surface area contributed by atoms with Gasteiger partial charge in [-0.3, -0.25) is 4.79 Å². The van der Waals surface area contributed by atoms with Crippen molar-refractivity contribution in [3.8, 4) is 11.3 Å². The molecule has 0 saturated carbocycles. The monoisotopic (exact) mass is 518 g/mol. The average Bonchev–Trinajstić information content (AvgIpc) is 3.20. The van der Waals surface area contributed by atoms with E-state index in [1.807, 2.05) is 50.2 Å². The molecule has 0 bridgehead atoms. The molecule has 1 N–H and O–H groups in total. The fourth-order valence-corrected chi connectivity index (χ4v) is 6.15. The standard InChI is InChI=1S/C29H27ClN2O3S/c1-16(2)35-29(34)26-21-13-8-17(3)14-25(21)36-28(26)32-27(33)22-15-24(18-9-11-19(30)12-10-18)31-23-7-5-4-6-20(22)23/h4-7,9-12,15-17H,8,13-14H2,1-3H3,(H,32,33)/t17-/m0/s1. The number of carbonyl (C=O) groups excluding carboxylic acids is 2. The second-order valence-corrected chi connectivity index (χ2v) is 11.1. The number of aromatic nitrogens is 1. The quantitative estimate of drug-likeness (QED) is 0.277. The van der Waals surface area contributed by atoms with E-state index in [9.17, 15) is 9.59 Å². The number of para-hydroxylation sites is 1. The van der Waals surface area contributed by atoms with E-state index < -0.39 is 0 Å². The van der Waals surface area contributed by atoms with E-state index in [0.717, 1.165) is 40.7 Å². The summed E-state index contributed by atoms with van der Waals surface area (Å²) in [6, 6.07) is 16.7. The third-order valence-electron chi connectivity index (χ3n) is 6.39.